The first-order valence-electron chi connectivity index (χ1n) is 5.30. The first-order chi connectivity index (χ1) is 8.10. The third-order valence-electron chi connectivity index (χ3n) is 2.16. The molecule has 0 heterocycles. The molecule has 94 valence electrons. The summed E-state index contributed by atoms with van der Waals surface area (Å²) in [7, 11) is 1.14. The van der Waals surface area contributed by atoms with Crippen molar-refractivity contribution in [3.05, 3.63) is 29.3 Å². The summed E-state index contributed by atoms with van der Waals surface area (Å²) in [6.07, 6.45) is 1.57. The summed E-state index contributed by atoms with van der Waals surface area (Å²) in [6.45, 7) is 2.18. The minimum Gasteiger partial charge on any atom is -0.488 e. The van der Waals surface area contributed by atoms with Crippen LogP contribution in [-0.4, -0.2) is 19.7 Å². The minimum absolute atomic E-state index is 0.176. The highest BCUT2D eigenvalue weighted by atomic mass is 19.1. The number of rotatable bonds is 5. The van der Waals surface area contributed by atoms with E-state index >= 15 is 0 Å². The van der Waals surface area contributed by atoms with Crippen LogP contribution >= 0.6 is 0 Å². The van der Waals surface area contributed by atoms with Crippen molar-refractivity contribution < 1.29 is 23.0 Å². The zero-order valence-corrected chi connectivity index (χ0v) is 9.76. The predicted octanol–water partition coefficient (Wildman–Crippen LogP) is 2.93. The molecule has 0 aliphatic heterocycles. The first-order valence-corrected chi connectivity index (χ1v) is 5.30. The van der Waals surface area contributed by atoms with E-state index < -0.39 is 23.4 Å². The Labute approximate surface area is 98.3 Å². The second-order valence-electron chi connectivity index (χ2n) is 3.46. The van der Waals surface area contributed by atoms with Crippen LogP contribution in [-0.2, 0) is 4.74 Å². The second kappa shape index (κ2) is 6.18. The van der Waals surface area contributed by atoms with Crippen LogP contribution in [0.2, 0.25) is 0 Å². The molecule has 0 saturated heterocycles. The van der Waals surface area contributed by atoms with Gasteiger partial charge in [0.2, 0.25) is 0 Å². The Hall–Kier alpha value is -1.65. The van der Waals surface area contributed by atoms with E-state index in [4.69, 9.17) is 4.74 Å². The number of hydrogen-bond acceptors (Lipinski definition) is 3. The lowest BCUT2D eigenvalue weighted by atomic mass is 10.2. The summed E-state index contributed by atoms with van der Waals surface area (Å²) >= 11 is 0. The van der Waals surface area contributed by atoms with Crippen LogP contribution in [0.4, 0.5) is 8.78 Å². The van der Waals surface area contributed by atoms with Crippen LogP contribution in [0, 0.1) is 11.6 Å². The molecule has 0 saturated carbocycles. The van der Waals surface area contributed by atoms with Gasteiger partial charge in [0.25, 0.3) is 0 Å². The van der Waals surface area contributed by atoms with E-state index in [0.29, 0.717) is 6.42 Å². The molecule has 3 nitrogen and oxygen atoms in total. The van der Waals surface area contributed by atoms with Gasteiger partial charge in [0.05, 0.1) is 19.3 Å². The van der Waals surface area contributed by atoms with Gasteiger partial charge in [-0.3, -0.25) is 0 Å². The summed E-state index contributed by atoms with van der Waals surface area (Å²) in [5.41, 5.74) is -0.176. The molecule has 1 rings (SSSR count). The van der Waals surface area contributed by atoms with Crippen LogP contribution < -0.4 is 4.74 Å². The SMILES string of the molecule is CCCCOc1c(F)cc(C(=O)OC)cc1F. The fourth-order valence-electron chi connectivity index (χ4n) is 1.25. The van der Waals surface area contributed by atoms with Gasteiger partial charge in [-0.05, 0) is 18.6 Å². The van der Waals surface area contributed by atoms with Crippen molar-refractivity contribution in [3.8, 4) is 5.75 Å². The largest absolute Gasteiger partial charge is 0.488 e. The van der Waals surface area contributed by atoms with Crippen LogP contribution in [0.3, 0.4) is 0 Å². The molecule has 0 aliphatic rings. The number of carbonyl (C=O) groups excluding carboxylic acids is 1. The van der Waals surface area contributed by atoms with Crippen LogP contribution in [0.15, 0.2) is 12.1 Å². The smallest absolute Gasteiger partial charge is 0.338 e. The summed E-state index contributed by atoms with van der Waals surface area (Å²) in [5, 5.41) is 0. The summed E-state index contributed by atoms with van der Waals surface area (Å²) in [5.74, 6) is -3.04. The predicted molar refractivity (Wildman–Crippen MR) is 58.1 cm³/mol. The molecule has 0 radical (unpaired) electrons. The lowest BCUT2D eigenvalue weighted by molar-refractivity contribution is 0.0599. The van der Waals surface area contributed by atoms with Crippen molar-refractivity contribution in [2.75, 3.05) is 13.7 Å². The molecule has 0 atom stereocenters. The van der Waals surface area contributed by atoms with Gasteiger partial charge >= 0.3 is 5.97 Å². The standard InChI is InChI=1S/C12H14F2O3/c1-3-4-5-17-11-9(13)6-8(7-10(11)14)12(15)16-2/h6-7H,3-5H2,1-2H3. The molecule has 0 unspecified atom stereocenters. The van der Waals surface area contributed by atoms with E-state index in [1.54, 1.807) is 0 Å². The number of carbonyl (C=O) groups is 1. The normalized spacial score (nSPS) is 10.1. The van der Waals surface area contributed by atoms with Gasteiger partial charge < -0.3 is 9.47 Å². The van der Waals surface area contributed by atoms with E-state index in [-0.39, 0.29) is 12.2 Å². The molecule has 0 bridgehead atoms. The average Bonchev–Trinajstić information content (AvgIpc) is 2.31. The Bertz CT molecular complexity index is 382. The maximum absolute atomic E-state index is 13.5. The van der Waals surface area contributed by atoms with Crippen molar-refractivity contribution in [3.63, 3.8) is 0 Å². The maximum Gasteiger partial charge on any atom is 0.338 e. The monoisotopic (exact) mass is 244 g/mol. The minimum atomic E-state index is -0.901. The van der Waals surface area contributed by atoms with E-state index in [2.05, 4.69) is 4.74 Å². The van der Waals surface area contributed by atoms with Crippen molar-refractivity contribution >= 4 is 5.97 Å². The first kappa shape index (κ1) is 13.4. The van der Waals surface area contributed by atoms with Crippen LogP contribution in [0.5, 0.6) is 5.75 Å². The average molecular weight is 244 g/mol. The van der Waals surface area contributed by atoms with Gasteiger partial charge in [-0.1, -0.05) is 13.3 Å². The lowest BCUT2D eigenvalue weighted by Gasteiger charge is -2.09. The zero-order chi connectivity index (χ0) is 12.8. The number of benzene rings is 1. The summed E-state index contributed by atoms with van der Waals surface area (Å²) in [4.78, 5) is 11.1. The highest BCUT2D eigenvalue weighted by molar-refractivity contribution is 5.89. The van der Waals surface area contributed by atoms with Crippen molar-refractivity contribution in [2.45, 2.75) is 19.8 Å². The highest BCUT2D eigenvalue weighted by Crippen LogP contribution is 2.23. The van der Waals surface area contributed by atoms with E-state index in [1.165, 1.54) is 0 Å². The Balaban J connectivity index is 2.90. The topological polar surface area (TPSA) is 35.5 Å². The highest BCUT2D eigenvalue weighted by Gasteiger charge is 2.16. The van der Waals surface area contributed by atoms with Crippen LogP contribution in [0.1, 0.15) is 30.1 Å². The van der Waals surface area contributed by atoms with E-state index in [1.807, 2.05) is 6.92 Å². The Morgan fingerprint density at radius 3 is 2.35 bits per heavy atom. The molecule has 0 amide bonds. The Kier molecular flexibility index (Phi) is 4.87. The van der Waals surface area contributed by atoms with Gasteiger partial charge in [0.1, 0.15) is 0 Å². The summed E-state index contributed by atoms with van der Waals surface area (Å²) < 4.78 is 36.3. The maximum atomic E-state index is 13.5. The number of ether oxygens (including phenoxy) is 2. The van der Waals surface area contributed by atoms with Crippen molar-refractivity contribution in [1.29, 1.82) is 0 Å². The van der Waals surface area contributed by atoms with Gasteiger partial charge in [-0.15, -0.1) is 0 Å². The molecule has 1 aromatic rings. The Morgan fingerprint density at radius 1 is 1.29 bits per heavy atom. The van der Waals surface area contributed by atoms with Crippen molar-refractivity contribution in [2.24, 2.45) is 0 Å². The van der Waals surface area contributed by atoms with E-state index in [9.17, 15) is 13.6 Å². The van der Waals surface area contributed by atoms with Crippen LogP contribution in [0.25, 0.3) is 0 Å². The van der Waals surface area contributed by atoms with Gasteiger partial charge in [0, 0.05) is 0 Å². The lowest BCUT2D eigenvalue weighted by Crippen LogP contribution is -2.06. The van der Waals surface area contributed by atoms with Gasteiger partial charge in [-0.2, -0.15) is 0 Å². The number of unbranched alkanes of at least 4 members (excludes halogenated alkanes) is 1. The third kappa shape index (κ3) is 3.41. The molecule has 0 fully saturated rings. The number of esters is 1. The number of hydrogen-bond donors (Lipinski definition) is 0. The quantitative estimate of drug-likeness (QED) is 0.590. The molecular weight excluding hydrogens is 230 g/mol. The van der Waals surface area contributed by atoms with Crippen molar-refractivity contribution in [1.82, 2.24) is 0 Å². The molecule has 0 N–H and O–H groups in total. The summed E-state index contributed by atoms with van der Waals surface area (Å²) in [6, 6.07) is 1.80. The fourth-order valence-corrected chi connectivity index (χ4v) is 1.25. The zero-order valence-electron chi connectivity index (χ0n) is 9.76. The van der Waals surface area contributed by atoms with E-state index in [0.717, 1.165) is 25.7 Å². The molecule has 5 heteroatoms. The Morgan fingerprint density at radius 2 is 1.88 bits per heavy atom. The molecule has 0 aliphatic carbocycles. The second-order valence-corrected chi connectivity index (χ2v) is 3.46. The third-order valence-corrected chi connectivity index (χ3v) is 2.16. The fraction of sp³-hybridized carbons (Fsp3) is 0.417. The molecule has 1 aromatic carbocycles. The molecular formula is C12H14F2O3. The molecule has 17 heavy (non-hydrogen) atoms. The number of halogens is 2. The molecule has 0 spiro atoms. The number of methoxy groups -OCH3 is 1. The molecule has 0 aromatic heterocycles. The van der Waals surface area contributed by atoms with Gasteiger partial charge in [0.15, 0.2) is 17.4 Å². The van der Waals surface area contributed by atoms with Gasteiger partial charge in [-0.25, -0.2) is 13.6 Å².